The Morgan fingerprint density at radius 2 is 2.10 bits per heavy atom. The molecule has 0 radical (unpaired) electrons. The topological polar surface area (TPSA) is 74.7 Å². The van der Waals surface area contributed by atoms with E-state index in [1.807, 2.05) is 6.26 Å². The van der Waals surface area contributed by atoms with Crippen LogP contribution in [-0.4, -0.2) is 48.9 Å². The van der Waals surface area contributed by atoms with Crippen molar-refractivity contribution < 1.29 is 18.3 Å². The Morgan fingerprint density at radius 1 is 1.52 bits per heavy atom. The van der Waals surface area contributed by atoms with Gasteiger partial charge in [0.05, 0.1) is 15.5 Å². The third-order valence-electron chi connectivity index (χ3n) is 2.94. The third kappa shape index (κ3) is 4.13. The molecule has 1 aromatic rings. The smallest absolute Gasteiger partial charge is 0.337 e. The molecule has 0 aliphatic carbocycles. The van der Waals surface area contributed by atoms with E-state index in [4.69, 9.17) is 16.7 Å². The van der Waals surface area contributed by atoms with Gasteiger partial charge in [-0.2, -0.15) is 16.1 Å². The largest absolute Gasteiger partial charge is 0.478 e. The average molecular weight is 417 g/mol. The molecule has 0 saturated heterocycles. The Labute approximate surface area is 141 Å². The first-order valence-electron chi connectivity index (χ1n) is 5.82. The van der Waals surface area contributed by atoms with Crippen LogP contribution >= 0.6 is 39.3 Å². The second kappa shape index (κ2) is 7.32. The number of thioether (sulfide) groups is 1. The number of nitrogens with zero attached hydrogens (tertiary/aromatic N) is 1. The van der Waals surface area contributed by atoms with Crippen molar-refractivity contribution in [2.45, 2.75) is 17.9 Å². The number of hydrogen-bond donors (Lipinski definition) is 1. The van der Waals surface area contributed by atoms with Crippen molar-refractivity contribution in [3.63, 3.8) is 0 Å². The number of carbonyl (C=O) groups is 1. The van der Waals surface area contributed by atoms with Crippen molar-refractivity contribution in [1.82, 2.24) is 4.31 Å². The molecule has 0 spiro atoms. The summed E-state index contributed by atoms with van der Waals surface area (Å²) < 4.78 is 26.6. The van der Waals surface area contributed by atoms with Crippen LogP contribution in [0.25, 0.3) is 0 Å². The number of benzene rings is 1. The van der Waals surface area contributed by atoms with Crippen LogP contribution in [0, 0.1) is 0 Å². The summed E-state index contributed by atoms with van der Waals surface area (Å²) >= 11 is 10.5. The molecule has 1 unspecified atom stereocenters. The van der Waals surface area contributed by atoms with E-state index in [0.29, 0.717) is 5.75 Å². The van der Waals surface area contributed by atoms with Gasteiger partial charge in [0.15, 0.2) is 0 Å². The zero-order valence-electron chi connectivity index (χ0n) is 11.6. The lowest BCUT2D eigenvalue weighted by Crippen LogP contribution is -2.36. The van der Waals surface area contributed by atoms with E-state index >= 15 is 0 Å². The summed E-state index contributed by atoms with van der Waals surface area (Å²) in [4.78, 5) is 11.0. The van der Waals surface area contributed by atoms with Gasteiger partial charge in [0.25, 0.3) is 0 Å². The standard InChI is InChI=1S/C12H15BrClNO4S2/c1-7(6-20-3)15(2)21(18,19)8-4-9(12(16)17)11(14)10(13)5-8/h4-5,7H,6H2,1-3H3,(H,16,17). The van der Waals surface area contributed by atoms with Gasteiger partial charge in [0.2, 0.25) is 10.0 Å². The van der Waals surface area contributed by atoms with Crippen LogP contribution in [-0.2, 0) is 10.0 Å². The first kappa shape index (κ1) is 18.8. The summed E-state index contributed by atoms with van der Waals surface area (Å²) in [5, 5.41) is 9.07. The summed E-state index contributed by atoms with van der Waals surface area (Å²) in [5.74, 6) is -0.645. The maximum absolute atomic E-state index is 12.5. The van der Waals surface area contributed by atoms with Crippen molar-refractivity contribution in [2.75, 3.05) is 19.1 Å². The lowest BCUT2D eigenvalue weighted by atomic mass is 10.2. The molecule has 118 valence electrons. The molecule has 1 N–H and O–H groups in total. The van der Waals surface area contributed by atoms with Crippen molar-refractivity contribution in [3.8, 4) is 0 Å². The molecular weight excluding hydrogens is 402 g/mol. The van der Waals surface area contributed by atoms with Gasteiger partial charge < -0.3 is 5.11 Å². The average Bonchev–Trinajstić information content (AvgIpc) is 2.40. The van der Waals surface area contributed by atoms with E-state index in [-0.39, 0.29) is 26.0 Å². The SMILES string of the molecule is CSCC(C)N(C)S(=O)(=O)c1cc(Br)c(Cl)c(C(=O)O)c1. The molecule has 9 heteroatoms. The highest BCUT2D eigenvalue weighted by Crippen LogP contribution is 2.31. The van der Waals surface area contributed by atoms with E-state index in [9.17, 15) is 13.2 Å². The number of sulfonamides is 1. The minimum atomic E-state index is -3.79. The van der Waals surface area contributed by atoms with Crippen LogP contribution in [0.5, 0.6) is 0 Å². The Balaban J connectivity index is 3.36. The summed E-state index contributed by atoms with van der Waals surface area (Å²) in [5.41, 5.74) is -0.254. The minimum Gasteiger partial charge on any atom is -0.478 e. The van der Waals surface area contributed by atoms with Crippen molar-refractivity contribution in [2.24, 2.45) is 0 Å². The fourth-order valence-electron chi connectivity index (χ4n) is 1.62. The molecule has 1 aromatic carbocycles. The normalized spacial score (nSPS) is 13.4. The van der Waals surface area contributed by atoms with E-state index in [1.165, 1.54) is 29.2 Å². The van der Waals surface area contributed by atoms with Crippen molar-refractivity contribution in [1.29, 1.82) is 0 Å². The number of carboxylic acid groups (broad SMARTS) is 1. The molecule has 0 heterocycles. The van der Waals surface area contributed by atoms with Crippen LogP contribution in [0.4, 0.5) is 0 Å². The number of aromatic carboxylic acids is 1. The predicted octanol–water partition coefficient (Wildman–Crippen LogP) is 3.17. The van der Waals surface area contributed by atoms with Gasteiger partial charge in [-0.3, -0.25) is 0 Å². The summed E-state index contributed by atoms with van der Waals surface area (Å²) in [6.45, 7) is 1.79. The Kier molecular flexibility index (Phi) is 6.54. The highest BCUT2D eigenvalue weighted by atomic mass is 79.9. The van der Waals surface area contributed by atoms with Crippen LogP contribution in [0.15, 0.2) is 21.5 Å². The quantitative estimate of drug-likeness (QED) is 0.771. The molecule has 0 aromatic heterocycles. The maximum Gasteiger partial charge on any atom is 0.337 e. The molecule has 0 aliphatic rings. The molecule has 5 nitrogen and oxygen atoms in total. The van der Waals surface area contributed by atoms with Crippen molar-refractivity contribution >= 4 is 55.3 Å². The zero-order valence-corrected chi connectivity index (χ0v) is 15.6. The molecular formula is C12H15BrClNO4S2. The molecule has 21 heavy (non-hydrogen) atoms. The van der Waals surface area contributed by atoms with Crippen LogP contribution in [0.1, 0.15) is 17.3 Å². The molecule has 0 saturated carbocycles. The number of hydrogen-bond acceptors (Lipinski definition) is 4. The van der Waals surface area contributed by atoms with E-state index in [2.05, 4.69) is 15.9 Å². The molecule has 0 amide bonds. The fourth-order valence-corrected chi connectivity index (χ4v) is 4.63. The lowest BCUT2D eigenvalue weighted by molar-refractivity contribution is 0.0696. The van der Waals surface area contributed by atoms with Crippen molar-refractivity contribution in [3.05, 3.63) is 27.2 Å². The van der Waals surface area contributed by atoms with E-state index in [1.54, 1.807) is 6.92 Å². The number of carboxylic acids is 1. The Bertz CT molecular complexity index is 651. The second-order valence-corrected chi connectivity index (χ2v) is 8.54. The number of rotatable bonds is 6. The zero-order chi connectivity index (χ0) is 16.4. The summed E-state index contributed by atoms with van der Waals surface area (Å²) in [6, 6.07) is 2.17. The van der Waals surface area contributed by atoms with Gasteiger partial charge in [0, 0.05) is 23.3 Å². The Hall–Kier alpha value is -0.280. The second-order valence-electron chi connectivity index (χ2n) is 4.40. The van der Waals surface area contributed by atoms with Crippen LogP contribution in [0.3, 0.4) is 0 Å². The molecule has 0 bridgehead atoms. The third-order valence-corrected chi connectivity index (χ3v) is 6.96. The van der Waals surface area contributed by atoms with E-state index in [0.717, 1.165) is 6.07 Å². The summed E-state index contributed by atoms with van der Waals surface area (Å²) in [6.07, 6.45) is 1.89. The van der Waals surface area contributed by atoms with Gasteiger partial charge in [-0.15, -0.1) is 0 Å². The lowest BCUT2D eigenvalue weighted by Gasteiger charge is -2.24. The van der Waals surface area contributed by atoms with Gasteiger partial charge in [0.1, 0.15) is 0 Å². The minimum absolute atomic E-state index is 0.0266. The van der Waals surface area contributed by atoms with Crippen LogP contribution < -0.4 is 0 Å². The first-order valence-corrected chi connectivity index (χ1v) is 9.82. The van der Waals surface area contributed by atoms with Gasteiger partial charge in [-0.1, -0.05) is 11.6 Å². The molecule has 1 rings (SSSR count). The molecule has 0 fully saturated rings. The van der Waals surface area contributed by atoms with Crippen LogP contribution in [0.2, 0.25) is 5.02 Å². The highest BCUT2D eigenvalue weighted by Gasteiger charge is 2.27. The van der Waals surface area contributed by atoms with Gasteiger partial charge in [-0.25, -0.2) is 13.2 Å². The van der Waals surface area contributed by atoms with Gasteiger partial charge >= 0.3 is 5.97 Å². The summed E-state index contributed by atoms with van der Waals surface area (Å²) in [7, 11) is -2.32. The monoisotopic (exact) mass is 415 g/mol. The number of halogens is 2. The first-order chi connectivity index (χ1) is 9.62. The fraction of sp³-hybridized carbons (Fsp3) is 0.417. The maximum atomic E-state index is 12.5. The van der Waals surface area contributed by atoms with E-state index < -0.39 is 16.0 Å². The molecule has 1 atom stereocenters. The highest BCUT2D eigenvalue weighted by molar-refractivity contribution is 9.10. The predicted molar refractivity (Wildman–Crippen MR) is 88.9 cm³/mol. The molecule has 0 aliphatic heterocycles. The van der Waals surface area contributed by atoms with Gasteiger partial charge in [-0.05, 0) is 41.2 Å². The Morgan fingerprint density at radius 3 is 2.57 bits per heavy atom.